The minimum atomic E-state index is -0.716. The van der Waals surface area contributed by atoms with Crippen LogP contribution in [0.1, 0.15) is 23.6 Å². The molecule has 3 aromatic rings. The predicted octanol–water partition coefficient (Wildman–Crippen LogP) is 4.82. The molecule has 0 radical (unpaired) electrons. The highest BCUT2D eigenvalue weighted by molar-refractivity contribution is 6.31. The predicted molar refractivity (Wildman–Crippen MR) is 112 cm³/mol. The summed E-state index contributed by atoms with van der Waals surface area (Å²) in [5.41, 5.74) is 2.29. The molecule has 0 unspecified atom stereocenters. The SMILES string of the molecule is CC(=N)NC(c1ccccc1)(c1ccccc1)c1ccccc1Cl.Cl.O. The van der Waals surface area contributed by atoms with E-state index in [1.165, 1.54) is 0 Å². The van der Waals surface area contributed by atoms with Crippen LogP contribution in [0.2, 0.25) is 5.02 Å². The second-order valence-electron chi connectivity index (χ2n) is 5.71. The van der Waals surface area contributed by atoms with Gasteiger partial charge in [0.2, 0.25) is 0 Å². The Morgan fingerprint density at radius 3 is 1.65 bits per heavy atom. The standard InChI is InChI=1S/C21H19ClN2.ClH.H2O/c1-16(23)24-21(17-10-4-2-5-11-17,18-12-6-3-7-13-18)19-14-8-9-15-20(19)22;;/h2-15H,1H3,(H2,23,24);1H;1H2. The first-order valence-electron chi connectivity index (χ1n) is 7.84. The highest BCUT2D eigenvalue weighted by Gasteiger charge is 2.37. The second-order valence-corrected chi connectivity index (χ2v) is 6.12. The van der Waals surface area contributed by atoms with E-state index in [0.717, 1.165) is 16.7 Å². The molecule has 0 aromatic heterocycles. The molecule has 0 aliphatic carbocycles. The van der Waals surface area contributed by atoms with Crippen molar-refractivity contribution in [3.63, 3.8) is 0 Å². The largest absolute Gasteiger partial charge is 0.412 e. The monoisotopic (exact) mass is 388 g/mol. The number of amidine groups is 1. The zero-order valence-corrected chi connectivity index (χ0v) is 15.9. The van der Waals surface area contributed by atoms with E-state index >= 15 is 0 Å². The normalized spacial score (nSPS) is 10.2. The molecular formula is C21H22Cl2N2O. The third-order valence-electron chi connectivity index (χ3n) is 4.07. The Morgan fingerprint density at radius 2 is 1.23 bits per heavy atom. The molecule has 3 aromatic carbocycles. The van der Waals surface area contributed by atoms with E-state index in [2.05, 4.69) is 29.6 Å². The summed E-state index contributed by atoms with van der Waals surface area (Å²) < 4.78 is 0. The van der Waals surface area contributed by atoms with Crippen LogP contribution in [-0.2, 0) is 5.54 Å². The lowest BCUT2D eigenvalue weighted by Gasteiger charge is -2.37. The van der Waals surface area contributed by atoms with E-state index in [4.69, 9.17) is 17.0 Å². The van der Waals surface area contributed by atoms with Crippen LogP contribution >= 0.6 is 24.0 Å². The van der Waals surface area contributed by atoms with Crippen LogP contribution < -0.4 is 5.32 Å². The molecule has 3 nitrogen and oxygen atoms in total. The van der Waals surface area contributed by atoms with Crippen molar-refractivity contribution < 1.29 is 5.48 Å². The van der Waals surface area contributed by atoms with Gasteiger partial charge in [-0.3, -0.25) is 5.41 Å². The average Bonchev–Trinajstić information content (AvgIpc) is 2.62. The van der Waals surface area contributed by atoms with Crippen molar-refractivity contribution in [2.24, 2.45) is 0 Å². The molecule has 0 spiro atoms. The van der Waals surface area contributed by atoms with Gasteiger partial charge < -0.3 is 10.8 Å². The van der Waals surface area contributed by atoms with Crippen LogP contribution in [0.15, 0.2) is 84.9 Å². The van der Waals surface area contributed by atoms with Crippen molar-refractivity contribution in [1.29, 1.82) is 5.41 Å². The highest BCUT2D eigenvalue weighted by atomic mass is 35.5. The number of rotatable bonds is 4. The minimum absolute atomic E-state index is 0. The Labute approximate surface area is 165 Å². The van der Waals surface area contributed by atoms with Crippen molar-refractivity contribution in [3.05, 3.63) is 107 Å². The molecule has 0 aliphatic rings. The first-order valence-corrected chi connectivity index (χ1v) is 8.22. The third kappa shape index (κ3) is 4.07. The summed E-state index contributed by atoms with van der Waals surface area (Å²) in [5, 5.41) is 12.2. The quantitative estimate of drug-likeness (QED) is 0.375. The highest BCUT2D eigenvalue weighted by Crippen LogP contribution is 2.39. The molecule has 0 saturated carbocycles. The molecule has 0 atom stereocenters. The van der Waals surface area contributed by atoms with E-state index in [0.29, 0.717) is 10.9 Å². The third-order valence-corrected chi connectivity index (χ3v) is 4.40. The van der Waals surface area contributed by atoms with Gasteiger partial charge in [-0.25, -0.2) is 0 Å². The summed E-state index contributed by atoms with van der Waals surface area (Å²) in [4.78, 5) is 0. The van der Waals surface area contributed by atoms with Crippen molar-refractivity contribution in [2.75, 3.05) is 0 Å². The molecule has 3 rings (SSSR count). The molecule has 4 N–H and O–H groups in total. The topological polar surface area (TPSA) is 67.4 Å². The lowest BCUT2D eigenvalue weighted by Crippen LogP contribution is -2.47. The van der Waals surface area contributed by atoms with Crippen molar-refractivity contribution in [3.8, 4) is 0 Å². The molecule has 136 valence electrons. The molecular weight excluding hydrogens is 367 g/mol. The maximum Gasteiger partial charge on any atom is 0.116 e. The Morgan fingerprint density at radius 1 is 0.808 bits per heavy atom. The van der Waals surface area contributed by atoms with Crippen molar-refractivity contribution >= 4 is 29.8 Å². The van der Waals surface area contributed by atoms with Gasteiger partial charge in [0.15, 0.2) is 0 Å². The van der Waals surface area contributed by atoms with Crippen LogP contribution in [0.4, 0.5) is 0 Å². The molecule has 0 fully saturated rings. The lowest BCUT2D eigenvalue weighted by molar-refractivity contribution is 0.571. The number of benzene rings is 3. The zero-order chi connectivity index (χ0) is 17.0. The Bertz CT molecular complexity index is 799. The van der Waals surface area contributed by atoms with E-state index in [-0.39, 0.29) is 17.9 Å². The van der Waals surface area contributed by atoms with E-state index in [1.54, 1.807) is 6.92 Å². The summed E-state index contributed by atoms with van der Waals surface area (Å²) in [6.07, 6.45) is 0. The zero-order valence-electron chi connectivity index (χ0n) is 14.4. The molecule has 0 saturated heterocycles. The second kappa shape index (κ2) is 9.39. The van der Waals surface area contributed by atoms with Crippen molar-refractivity contribution in [1.82, 2.24) is 5.32 Å². The first-order chi connectivity index (χ1) is 11.6. The molecule has 0 bridgehead atoms. The maximum atomic E-state index is 8.11. The van der Waals surface area contributed by atoms with Gasteiger partial charge in [0.1, 0.15) is 5.54 Å². The van der Waals surface area contributed by atoms with Gasteiger partial charge in [-0.1, -0.05) is 90.5 Å². The summed E-state index contributed by atoms with van der Waals surface area (Å²) >= 11 is 6.58. The molecule has 0 heterocycles. The molecule has 5 heteroatoms. The van der Waals surface area contributed by atoms with Gasteiger partial charge >= 0.3 is 0 Å². The van der Waals surface area contributed by atoms with Crippen LogP contribution in [0.5, 0.6) is 0 Å². The molecule has 0 aliphatic heterocycles. The van der Waals surface area contributed by atoms with Gasteiger partial charge in [-0.15, -0.1) is 12.4 Å². The number of nitrogens with one attached hydrogen (secondary N) is 2. The molecule has 26 heavy (non-hydrogen) atoms. The minimum Gasteiger partial charge on any atom is -0.412 e. The summed E-state index contributed by atoms with van der Waals surface area (Å²) in [7, 11) is 0. The van der Waals surface area contributed by atoms with Gasteiger partial charge in [-0.2, -0.15) is 0 Å². The van der Waals surface area contributed by atoms with Gasteiger partial charge in [0, 0.05) is 10.6 Å². The number of halogens is 2. The smallest absolute Gasteiger partial charge is 0.116 e. The summed E-state index contributed by atoms with van der Waals surface area (Å²) in [6.45, 7) is 1.75. The van der Waals surface area contributed by atoms with E-state index < -0.39 is 5.54 Å². The maximum absolute atomic E-state index is 8.11. The Hall–Kier alpha value is -2.33. The Kier molecular flexibility index (Phi) is 7.84. The van der Waals surface area contributed by atoms with Crippen LogP contribution in [0.25, 0.3) is 0 Å². The molecule has 0 amide bonds. The average molecular weight is 389 g/mol. The van der Waals surface area contributed by atoms with E-state index in [1.807, 2.05) is 60.7 Å². The van der Waals surface area contributed by atoms with Gasteiger partial charge in [-0.05, 0) is 24.1 Å². The van der Waals surface area contributed by atoms with Crippen LogP contribution in [0, 0.1) is 5.41 Å². The fourth-order valence-corrected chi connectivity index (χ4v) is 3.39. The first kappa shape index (κ1) is 21.7. The fraction of sp³-hybridized carbons (Fsp3) is 0.0952. The summed E-state index contributed by atoms with van der Waals surface area (Å²) in [6, 6.07) is 28.0. The lowest BCUT2D eigenvalue weighted by atomic mass is 9.77. The van der Waals surface area contributed by atoms with Crippen molar-refractivity contribution in [2.45, 2.75) is 12.5 Å². The number of hydrogen-bond donors (Lipinski definition) is 2. The van der Waals surface area contributed by atoms with Gasteiger partial charge in [0.25, 0.3) is 0 Å². The Balaban J connectivity index is 0.00000169. The van der Waals surface area contributed by atoms with Crippen LogP contribution in [-0.4, -0.2) is 11.3 Å². The van der Waals surface area contributed by atoms with E-state index in [9.17, 15) is 0 Å². The summed E-state index contributed by atoms with van der Waals surface area (Å²) in [5.74, 6) is 0.377. The van der Waals surface area contributed by atoms with Gasteiger partial charge in [0.05, 0.1) is 5.84 Å². The number of hydrogen-bond acceptors (Lipinski definition) is 1. The fourth-order valence-electron chi connectivity index (χ4n) is 3.11. The van der Waals surface area contributed by atoms with Crippen LogP contribution in [0.3, 0.4) is 0 Å².